The lowest BCUT2D eigenvalue weighted by Crippen LogP contribution is -2.21. The summed E-state index contributed by atoms with van der Waals surface area (Å²) in [6, 6.07) is 15.7. The van der Waals surface area contributed by atoms with Crippen LogP contribution in [0.5, 0.6) is 0 Å². The van der Waals surface area contributed by atoms with Gasteiger partial charge in [0.25, 0.3) is 0 Å². The van der Waals surface area contributed by atoms with E-state index in [1.807, 2.05) is 55.5 Å². The van der Waals surface area contributed by atoms with Crippen molar-refractivity contribution in [3.8, 4) is 11.5 Å². The van der Waals surface area contributed by atoms with E-state index in [1.54, 1.807) is 6.08 Å². The maximum Gasteiger partial charge on any atom is 0.308 e. The molecule has 0 aliphatic carbocycles. The Labute approximate surface area is 170 Å². The molecule has 29 heavy (non-hydrogen) atoms. The van der Waals surface area contributed by atoms with Gasteiger partial charge in [0.05, 0.1) is 6.42 Å². The van der Waals surface area contributed by atoms with Crippen molar-refractivity contribution in [3.63, 3.8) is 0 Å². The molecule has 0 bridgehead atoms. The Morgan fingerprint density at radius 3 is 2.28 bits per heavy atom. The molecule has 1 aromatic heterocycles. The number of carboxylic acids is 1. The molecule has 6 heteroatoms. The fourth-order valence-electron chi connectivity index (χ4n) is 3.09. The highest BCUT2D eigenvalue weighted by Crippen LogP contribution is 2.26. The summed E-state index contributed by atoms with van der Waals surface area (Å²) in [6.07, 6.45) is 1.58. The second-order valence-electron chi connectivity index (χ2n) is 6.78. The fraction of sp³-hybridized carbons (Fsp3) is 0.261. The third-order valence-corrected chi connectivity index (χ3v) is 4.70. The summed E-state index contributed by atoms with van der Waals surface area (Å²) in [7, 11) is 0. The van der Waals surface area contributed by atoms with Gasteiger partial charge in [0, 0.05) is 29.9 Å². The molecule has 0 saturated carbocycles. The molecule has 0 saturated heterocycles. The topological polar surface area (TPSA) is 79.5 Å². The number of nitrogens with zero attached hydrogens (tertiary/aromatic N) is 3. The first kappa shape index (κ1) is 20.3. The Morgan fingerprint density at radius 1 is 1.03 bits per heavy atom. The van der Waals surface area contributed by atoms with Gasteiger partial charge >= 0.3 is 5.97 Å². The van der Waals surface area contributed by atoms with Crippen LogP contribution in [0.3, 0.4) is 0 Å². The number of anilines is 1. The zero-order valence-corrected chi connectivity index (χ0v) is 16.9. The van der Waals surface area contributed by atoms with Crippen LogP contribution in [0.1, 0.15) is 37.3 Å². The van der Waals surface area contributed by atoms with Gasteiger partial charge < -0.3 is 14.4 Å². The van der Waals surface area contributed by atoms with Crippen LogP contribution in [-0.4, -0.2) is 34.4 Å². The van der Waals surface area contributed by atoms with Crippen molar-refractivity contribution in [2.75, 3.05) is 18.0 Å². The minimum absolute atomic E-state index is 0.201. The summed E-state index contributed by atoms with van der Waals surface area (Å²) in [5.74, 6) is -0.366. The first-order valence-corrected chi connectivity index (χ1v) is 9.68. The number of aryl methyl sites for hydroxylation is 1. The molecule has 1 heterocycles. The predicted molar refractivity (Wildman–Crippen MR) is 115 cm³/mol. The summed E-state index contributed by atoms with van der Waals surface area (Å²) in [5, 5.41) is 17.5. The van der Waals surface area contributed by atoms with Gasteiger partial charge in [-0.05, 0) is 56.7 Å². The normalized spacial score (nSPS) is 11.5. The molecule has 0 unspecified atom stereocenters. The molecule has 6 nitrogen and oxygen atoms in total. The van der Waals surface area contributed by atoms with Crippen molar-refractivity contribution in [2.24, 2.45) is 0 Å². The minimum Gasteiger partial charge on any atom is -0.481 e. The molecular weight excluding hydrogens is 366 g/mol. The molecule has 0 spiro atoms. The average molecular weight is 391 g/mol. The maximum atomic E-state index is 11.4. The fourth-order valence-corrected chi connectivity index (χ4v) is 3.09. The van der Waals surface area contributed by atoms with Crippen molar-refractivity contribution < 1.29 is 14.3 Å². The van der Waals surface area contributed by atoms with Gasteiger partial charge in [-0.25, -0.2) is 0 Å². The first-order chi connectivity index (χ1) is 14.0. The molecule has 2 aromatic carbocycles. The molecule has 0 amide bonds. The number of aromatic nitrogens is 2. The molecule has 150 valence electrons. The van der Waals surface area contributed by atoms with Gasteiger partial charge in [-0.15, -0.1) is 10.2 Å². The molecule has 3 rings (SSSR count). The van der Waals surface area contributed by atoms with Gasteiger partial charge in [-0.2, -0.15) is 0 Å². The highest BCUT2D eigenvalue weighted by Gasteiger charge is 2.16. The van der Waals surface area contributed by atoms with Gasteiger partial charge in [-0.3, -0.25) is 4.79 Å². The van der Waals surface area contributed by atoms with Crippen molar-refractivity contribution in [1.29, 1.82) is 0 Å². The van der Waals surface area contributed by atoms with Crippen LogP contribution in [0, 0.1) is 6.92 Å². The van der Waals surface area contributed by atoms with E-state index in [1.165, 1.54) is 0 Å². The Kier molecular flexibility index (Phi) is 6.44. The van der Waals surface area contributed by atoms with E-state index < -0.39 is 5.97 Å². The van der Waals surface area contributed by atoms with Gasteiger partial charge in [0.2, 0.25) is 11.8 Å². The van der Waals surface area contributed by atoms with Crippen molar-refractivity contribution >= 4 is 23.3 Å². The largest absolute Gasteiger partial charge is 0.481 e. The molecule has 0 fully saturated rings. The van der Waals surface area contributed by atoms with Gasteiger partial charge in [-0.1, -0.05) is 29.8 Å². The number of hydrogen-bond donors (Lipinski definition) is 1. The van der Waals surface area contributed by atoms with Crippen molar-refractivity contribution in [2.45, 2.75) is 27.2 Å². The monoisotopic (exact) mass is 391 g/mol. The van der Waals surface area contributed by atoms with E-state index in [0.29, 0.717) is 11.5 Å². The maximum absolute atomic E-state index is 11.4. The number of hydrogen-bond acceptors (Lipinski definition) is 5. The summed E-state index contributed by atoms with van der Waals surface area (Å²) < 4.78 is 5.78. The zero-order chi connectivity index (χ0) is 20.8. The third-order valence-electron chi connectivity index (χ3n) is 4.70. The smallest absolute Gasteiger partial charge is 0.308 e. The summed E-state index contributed by atoms with van der Waals surface area (Å²) in [5.41, 5.74) is 4.42. The Bertz CT molecular complexity index is 985. The van der Waals surface area contributed by atoms with E-state index >= 15 is 0 Å². The summed E-state index contributed by atoms with van der Waals surface area (Å²) in [4.78, 5) is 13.6. The highest BCUT2D eigenvalue weighted by atomic mass is 16.4. The van der Waals surface area contributed by atoms with Gasteiger partial charge in [0.15, 0.2) is 0 Å². The van der Waals surface area contributed by atoms with E-state index in [-0.39, 0.29) is 12.3 Å². The molecule has 3 aromatic rings. The second kappa shape index (κ2) is 9.19. The number of benzene rings is 2. The lowest BCUT2D eigenvalue weighted by Gasteiger charge is -2.20. The Morgan fingerprint density at radius 2 is 1.69 bits per heavy atom. The van der Waals surface area contributed by atoms with Crippen LogP contribution in [0.4, 0.5) is 5.69 Å². The third kappa shape index (κ3) is 5.10. The zero-order valence-electron chi connectivity index (χ0n) is 16.9. The number of aliphatic carboxylic acids is 1. The highest BCUT2D eigenvalue weighted by molar-refractivity contribution is 5.89. The van der Waals surface area contributed by atoms with Crippen molar-refractivity contribution in [3.05, 3.63) is 65.5 Å². The van der Waals surface area contributed by atoms with Gasteiger partial charge in [0.1, 0.15) is 0 Å². The van der Waals surface area contributed by atoms with Crippen molar-refractivity contribution in [1.82, 2.24) is 10.2 Å². The molecule has 1 N–H and O–H groups in total. The Balaban J connectivity index is 1.90. The molecule has 0 aliphatic rings. The summed E-state index contributed by atoms with van der Waals surface area (Å²) in [6.45, 7) is 8.09. The average Bonchev–Trinajstić information content (AvgIpc) is 3.20. The van der Waals surface area contributed by atoms with E-state index in [4.69, 9.17) is 4.42 Å². The van der Waals surface area contributed by atoms with Crippen LogP contribution in [0.2, 0.25) is 0 Å². The molecular formula is C23H25N3O3. The number of carbonyl (C=O) groups is 1. The van der Waals surface area contributed by atoms with E-state index in [0.717, 1.165) is 35.5 Å². The Hall–Kier alpha value is -3.41. The summed E-state index contributed by atoms with van der Waals surface area (Å²) >= 11 is 0. The molecule has 0 atom stereocenters. The lowest BCUT2D eigenvalue weighted by atomic mass is 10.1. The number of rotatable bonds is 8. The quantitative estimate of drug-likeness (QED) is 0.588. The van der Waals surface area contributed by atoms with E-state index in [9.17, 15) is 9.90 Å². The predicted octanol–water partition coefficient (Wildman–Crippen LogP) is 4.91. The SMILES string of the molecule is CCN(CC)c1ccc(C=C(CC(=O)O)c2nnc(-c3ccc(C)cc3)o2)cc1. The van der Waals surface area contributed by atoms with Crippen LogP contribution >= 0.6 is 0 Å². The lowest BCUT2D eigenvalue weighted by molar-refractivity contribution is -0.135. The van der Waals surface area contributed by atoms with Crippen LogP contribution in [0.25, 0.3) is 23.1 Å². The number of carboxylic acid groups (broad SMARTS) is 1. The van der Waals surface area contributed by atoms with E-state index in [2.05, 4.69) is 28.9 Å². The standard InChI is InChI=1S/C23H25N3O3/c1-4-26(5-2)20-12-8-17(9-13-20)14-19(15-21(27)28)23-25-24-22(29-23)18-10-6-16(3)7-11-18/h6-14H,4-5,15H2,1-3H3,(H,27,28). The first-order valence-electron chi connectivity index (χ1n) is 9.68. The van der Waals surface area contributed by atoms with Crippen LogP contribution in [-0.2, 0) is 4.79 Å². The molecule has 0 radical (unpaired) electrons. The second-order valence-corrected chi connectivity index (χ2v) is 6.78. The van der Waals surface area contributed by atoms with Crippen LogP contribution in [0.15, 0.2) is 52.9 Å². The molecule has 0 aliphatic heterocycles. The van der Waals surface area contributed by atoms with Crippen LogP contribution < -0.4 is 4.90 Å². The minimum atomic E-state index is -0.953.